The first-order valence-corrected chi connectivity index (χ1v) is 7.69. The highest BCUT2D eigenvalue weighted by Gasteiger charge is 2.41. The van der Waals surface area contributed by atoms with Crippen molar-refractivity contribution in [1.29, 1.82) is 0 Å². The molecule has 1 aromatic heterocycles. The smallest absolute Gasteiger partial charge is 0.255 e. The number of carbonyl (C=O) groups excluding carboxylic acids is 1. The van der Waals surface area contributed by atoms with E-state index in [1.807, 2.05) is 5.38 Å². The van der Waals surface area contributed by atoms with Gasteiger partial charge in [0.1, 0.15) is 0 Å². The molecule has 1 saturated heterocycles. The van der Waals surface area contributed by atoms with E-state index < -0.39 is 0 Å². The summed E-state index contributed by atoms with van der Waals surface area (Å²) in [5, 5.41) is 2.05. The lowest BCUT2D eigenvalue weighted by Gasteiger charge is -2.27. The highest BCUT2D eigenvalue weighted by molar-refractivity contribution is 7.10. The maximum Gasteiger partial charge on any atom is 0.255 e. The van der Waals surface area contributed by atoms with Crippen molar-refractivity contribution in [2.24, 2.45) is 5.92 Å². The van der Waals surface area contributed by atoms with Gasteiger partial charge in [0.15, 0.2) is 0 Å². The van der Waals surface area contributed by atoms with Gasteiger partial charge in [-0.3, -0.25) is 4.79 Å². The van der Waals surface area contributed by atoms with Crippen LogP contribution < -0.4 is 0 Å². The quantitative estimate of drug-likeness (QED) is 0.779. The number of likely N-dealkylation sites (tertiary alicyclic amines) is 1. The number of fused-ring (bicyclic) bond motifs is 3. The number of hydrogen-bond acceptors (Lipinski definition) is 3. The van der Waals surface area contributed by atoms with Crippen LogP contribution in [0.3, 0.4) is 0 Å². The van der Waals surface area contributed by atoms with E-state index in [0.29, 0.717) is 12.6 Å². The number of carbonyl (C=O) groups is 1. The van der Waals surface area contributed by atoms with Crippen LogP contribution in [-0.4, -0.2) is 30.0 Å². The lowest BCUT2D eigenvalue weighted by molar-refractivity contribution is 0.0699. The molecule has 3 nitrogen and oxygen atoms in total. The Morgan fingerprint density at radius 1 is 1.44 bits per heavy atom. The highest BCUT2D eigenvalue weighted by atomic mass is 32.1. The van der Waals surface area contributed by atoms with Crippen LogP contribution in [0.4, 0.5) is 0 Å². The minimum atomic E-state index is 0.279. The van der Waals surface area contributed by atoms with Crippen LogP contribution in [-0.2, 0) is 17.8 Å². The van der Waals surface area contributed by atoms with Crippen LogP contribution in [0.5, 0.6) is 0 Å². The normalized spacial score (nSPS) is 29.7. The molecule has 4 heteroatoms. The van der Waals surface area contributed by atoms with Gasteiger partial charge in [-0.05, 0) is 37.2 Å². The summed E-state index contributed by atoms with van der Waals surface area (Å²) >= 11 is 1.69. The predicted octanol–water partition coefficient (Wildman–Crippen LogP) is 2.45. The predicted molar refractivity (Wildman–Crippen MR) is 69.8 cm³/mol. The van der Waals surface area contributed by atoms with Crippen molar-refractivity contribution in [3.05, 3.63) is 21.4 Å². The van der Waals surface area contributed by atoms with E-state index in [-0.39, 0.29) is 5.91 Å². The average molecular weight is 263 g/mol. The molecule has 1 aliphatic carbocycles. The van der Waals surface area contributed by atoms with Crippen LogP contribution in [0.2, 0.25) is 0 Å². The van der Waals surface area contributed by atoms with Gasteiger partial charge in [0.2, 0.25) is 0 Å². The SMILES string of the molecule is O=C(c1csc2c1CCOC2)N1CC2CCC1C2. The first-order valence-electron chi connectivity index (χ1n) is 6.81. The minimum Gasteiger partial charge on any atom is -0.376 e. The molecule has 18 heavy (non-hydrogen) atoms. The van der Waals surface area contributed by atoms with Crippen LogP contribution in [0, 0.1) is 5.92 Å². The average Bonchev–Trinajstić information content (AvgIpc) is 3.12. The van der Waals surface area contributed by atoms with Crippen LogP contribution in [0.25, 0.3) is 0 Å². The molecule has 2 aliphatic heterocycles. The van der Waals surface area contributed by atoms with Crippen molar-refractivity contribution >= 4 is 17.2 Å². The van der Waals surface area contributed by atoms with Crippen LogP contribution >= 0.6 is 11.3 Å². The molecule has 1 amide bonds. The Morgan fingerprint density at radius 2 is 2.39 bits per heavy atom. The van der Waals surface area contributed by atoms with Gasteiger partial charge < -0.3 is 9.64 Å². The Labute approximate surface area is 111 Å². The maximum absolute atomic E-state index is 12.7. The third kappa shape index (κ3) is 1.55. The molecule has 0 spiro atoms. The van der Waals surface area contributed by atoms with Crippen molar-refractivity contribution < 1.29 is 9.53 Å². The van der Waals surface area contributed by atoms with Crippen molar-refractivity contribution in [3.8, 4) is 0 Å². The summed E-state index contributed by atoms with van der Waals surface area (Å²) in [6, 6.07) is 0.526. The fraction of sp³-hybridized carbons (Fsp3) is 0.643. The Bertz CT molecular complexity index is 496. The lowest BCUT2D eigenvalue weighted by Crippen LogP contribution is -2.38. The first-order chi connectivity index (χ1) is 8.83. The number of ether oxygens (including phenoxy) is 1. The van der Waals surface area contributed by atoms with Crippen LogP contribution in [0.1, 0.15) is 40.1 Å². The minimum absolute atomic E-state index is 0.279. The zero-order valence-corrected chi connectivity index (χ0v) is 11.2. The van der Waals surface area contributed by atoms with Gasteiger partial charge in [-0.25, -0.2) is 0 Å². The molecule has 2 unspecified atom stereocenters. The Morgan fingerprint density at radius 3 is 3.17 bits per heavy atom. The molecular formula is C14H17NO2S. The molecule has 4 rings (SSSR count). The monoisotopic (exact) mass is 263 g/mol. The van der Waals surface area contributed by atoms with Gasteiger partial charge in [-0.1, -0.05) is 0 Å². The topological polar surface area (TPSA) is 29.5 Å². The second kappa shape index (κ2) is 4.07. The zero-order valence-electron chi connectivity index (χ0n) is 10.4. The molecule has 2 atom stereocenters. The van der Waals surface area contributed by atoms with E-state index in [1.165, 1.54) is 29.7 Å². The molecule has 3 heterocycles. The second-order valence-electron chi connectivity index (χ2n) is 5.64. The third-order valence-electron chi connectivity index (χ3n) is 4.61. The molecule has 0 N–H and O–H groups in total. The molecule has 96 valence electrons. The van der Waals surface area contributed by atoms with Gasteiger partial charge in [0.05, 0.1) is 18.8 Å². The standard InChI is InChI=1S/C14H17NO2S/c16-14(15-6-9-1-2-10(15)5-9)12-8-18-13-7-17-4-3-11(12)13/h8-10H,1-7H2. The molecule has 1 saturated carbocycles. The number of thiophene rings is 1. The summed E-state index contributed by atoms with van der Waals surface area (Å²) in [7, 11) is 0. The zero-order chi connectivity index (χ0) is 12.1. The summed E-state index contributed by atoms with van der Waals surface area (Å²) in [6.45, 7) is 2.44. The van der Waals surface area contributed by atoms with E-state index in [1.54, 1.807) is 11.3 Å². The number of hydrogen-bond donors (Lipinski definition) is 0. The molecule has 0 aromatic carbocycles. The van der Waals surface area contributed by atoms with Crippen molar-refractivity contribution in [2.75, 3.05) is 13.2 Å². The number of rotatable bonds is 1. The highest BCUT2D eigenvalue weighted by Crippen LogP contribution is 2.39. The van der Waals surface area contributed by atoms with Crippen molar-refractivity contribution in [1.82, 2.24) is 4.90 Å². The Kier molecular flexibility index (Phi) is 2.49. The second-order valence-corrected chi connectivity index (χ2v) is 6.61. The van der Waals surface area contributed by atoms with Gasteiger partial charge in [0, 0.05) is 22.8 Å². The van der Waals surface area contributed by atoms with Gasteiger partial charge in [-0.15, -0.1) is 11.3 Å². The largest absolute Gasteiger partial charge is 0.376 e. The molecule has 0 radical (unpaired) electrons. The van der Waals surface area contributed by atoms with Gasteiger partial charge >= 0.3 is 0 Å². The summed E-state index contributed by atoms with van der Waals surface area (Å²) in [6.07, 6.45) is 4.68. The molecule has 2 fully saturated rings. The molecule has 3 aliphatic rings. The van der Waals surface area contributed by atoms with E-state index >= 15 is 0 Å². The summed E-state index contributed by atoms with van der Waals surface area (Å²) in [5.74, 6) is 1.05. The van der Waals surface area contributed by atoms with E-state index in [0.717, 1.165) is 31.1 Å². The van der Waals surface area contributed by atoms with Gasteiger partial charge in [-0.2, -0.15) is 0 Å². The molecular weight excluding hydrogens is 246 g/mol. The summed E-state index contributed by atoms with van der Waals surface area (Å²) in [4.78, 5) is 16.1. The first kappa shape index (κ1) is 11.0. The Balaban J connectivity index is 1.63. The molecule has 2 bridgehead atoms. The summed E-state index contributed by atoms with van der Waals surface area (Å²) < 4.78 is 5.45. The Hall–Kier alpha value is -0.870. The lowest BCUT2D eigenvalue weighted by atomic mass is 10.0. The van der Waals surface area contributed by atoms with Gasteiger partial charge in [0.25, 0.3) is 5.91 Å². The fourth-order valence-corrected chi connectivity index (χ4v) is 4.67. The van der Waals surface area contributed by atoms with Crippen molar-refractivity contribution in [3.63, 3.8) is 0 Å². The summed E-state index contributed by atoms with van der Waals surface area (Å²) in [5.41, 5.74) is 2.23. The number of amides is 1. The number of piperidine rings is 1. The third-order valence-corrected chi connectivity index (χ3v) is 5.61. The number of nitrogens with zero attached hydrogens (tertiary/aromatic N) is 1. The van der Waals surface area contributed by atoms with Crippen molar-refractivity contribution in [2.45, 2.75) is 38.3 Å². The van der Waals surface area contributed by atoms with E-state index in [2.05, 4.69) is 4.90 Å². The fourth-order valence-electron chi connectivity index (χ4n) is 3.66. The van der Waals surface area contributed by atoms with E-state index in [4.69, 9.17) is 4.74 Å². The maximum atomic E-state index is 12.7. The molecule has 1 aromatic rings. The van der Waals surface area contributed by atoms with Crippen LogP contribution in [0.15, 0.2) is 5.38 Å². The van der Waals surface area contributed by atoms with E-state index in [9.17, 15) is 4.79 Å².